The molecule has 0 bridgehead atoms. The fourth-order valence-electron chi connectivity index (χ4n) is 1.40. The van der Waals surface area contributed by atoms with Crippen LogP contribution in [0.4, 0.5) is 0 Å². The number of hydrogen-bond acceptors (Lipinski definition) is 0. The molecular weight excluding hydrogens is 160 g/mol. The Bertz CT molecular complexity index is 141. The Morgan fingerprint density at radius 1 is 0.846 bits per heavy atom. The summed E-state index contributed by atoms with van der Waals surface area (Å²) < 4.78 is 0. The van der Waals surface area contributed by atoms with Crippen molar-refractivity contribution in [1.29, 1.82) is 0 Å². The van der Waals surface area contributed by atoms with Crippen molar-refractivity contribution in [3.63, 3.8) is 0 Å². The van der Waals surface area contributed by atoms with E-state index in [2.05, 4.69) is 12.8 Å². The summed E-state index contributed by atoms with van der Waals surface area (Å²) in [6, 6.07) is 0. The zero-order chi connectivity index (χ0) is 9.78. The van der Waals surface area contributed by atoms with Gasteiger partial charge in [-0.1, -0.05) is 57.8 Å². The van der Waals surface area contributed by atoms with Crippen LogP contribution >= 0.6 is 0 Å². The smallest absolute Gasteiger partial charge is 0.172 e. The predicted octanol–water partition coefficient (Wildman–Crippen LogP) is 3.91. The summed E-state index contributed by atoms with van der Waals surface area (Å²) >= 11 is 0. The third-order valence-electron chi connectivity index (χ3n) is 2.23. The number of unbranched alkanes of at least 4 members (excludes halogenated alkanes) is 8. The van der Waals surface area contributed by atoms with E-state index in [0.29, 0.717) is 0 Å². The van der Waals surface area contributed by atoms with Crippen LogP contribution in [0.2, 0.25) is 0 Å². The lowest BCUT2D eigenvalue weighted by Crippen LogP contribution is -1.79. The van der Waals surface area contributed by atoms with E-state index in [0.717, 1.165) is 12.8 Å². The molecule has 0 saturated carbocycles. The predicted molar refractivity (Wildman–Crippen MR) is 55.7 cm³/mol. The van der Waals surface area contributed by atoms with Crippen LogP contribution in [-0.2, 0) is 5.11 Å². The van der Waals surface area contributed by atoms with Gasteiger partial charge < -0.3 is 0 Å². The van der Waals surface area contributed by atoms with Gasteiger partial charge >= 0.3 is 0 Å². The largest absolute Gasteiger partial charge is 0.224 e. The van der Waals surface area contributed by atoms with Crippen molar-refractivity contribution < 1.29 is 5.11 Å². The molecule has 1 radical (unpaired) electrons. The van der Waals surface area contributed by atoms with E-state index in [1.165, 1.54) is 44.9 Å². The second kappa shape index (κ2) is 11.4. The van der Waals surface area contributed by atoms with Crippen molar-refractivity contribution in [2.75, 3.05) is 0 Å². The van der Waals surface area contributed by atoms with Gasteiger partial charge in [-0.2, -0.15) is 0 Å². The number of hydrogen-bond donors (Lipinski definition) is 0. The van der Waals surface area contributed by atoms with E-state index in [4.69, 9.17) is 0 Å². The van der Waals surface area contributed by atoms with Crippen LogP contribution in [0.25, 0.3) is 0 Å². The summed E-state index contributed by atoms with van der Waals surface area (Å²) in [6.07, 6.45) is 12.9. The van der Waals surface area contributed by atoms with Gasteiger partial charge in [0.2, 0.25) is 0 Å². The lowest BCUT2D eigenvalue weighted by atomic mass is 10.1. The van der Waals surface area contributed by atoms with E-state index >= 15 is 0 Å². The Balaban J connectivity index is 2.86. The molecule has 13 heavy (non-hydrogen) atoms. The highest BCUT2D eigenvalue weighted by molar-refractivity contribution is 4.88. The molecule has 0 saturated heterocycles. The highest BCUT2D eigenvalue weighted by atomic mass is 16.2. The fraction of sp³-hybridized carbons (Fsp3) is 0.833. The van der Waals surface area contributed by atoms with Crippen LogP contribution < -0.4 is 0 Å². The lowest BCUT2D eigenvalue weighted by Gasteiger charge is -1.98. The second-order valence-electron chi connectivity index (χ2n) is 3.50. The summed E-state index contributed by atoms with van der Waals surface area (Å²) in [6.45, 7) is 2.24. The molecule has 0 aromatic rings. The third kappa shape index (κ3) is 11.4. The molecule has 0 N–H and O–H groups in total. The maximum absolute atomic E-state index is 9.78. The summed E-state index contributed by atoms with van der Waals surface area (Å²) in [4.78, 5) is 0. The molecule has 75 valence electrons. The van der Waals surface area contributed by atoms with Crippen LogP contribution in [0, 0.1) is 12.0 Å². The first kappa shape index (κ1) is 12.4. The van der Waals surface area contributed by atoms with Crippen molar-refractivity contribution in [2.45, 2.75) is 64.7 Å². The van der Waals surface area contributed by atoms with Crippen molar-refractivity contribution >= 4 is 0 Å². The van der Waals surface area contributed by atoms with Gasteiger partial charge in [0.25, 0.3) is 0 Å². The molecule has 0 aliphatic heterocycles. The molecular formula is C12H21O. The average Bonchev–Trinajstić information content (AvgIpc) is 2.16. The topological polar surface area (TPSA) is 19.9 Å². The molecule has 0 spiro atoms. The monoisotopic (exact) mass is 181 g/mol. The van der Waals surface area contributed by atoms with Gasteiger partial charge in [-0.05, 0) is 6.42 Å². The quantitative estimate of drug-likeness (QED) is 0.399. The summed E-state index contributed by atoms with van der Waals surface area (Å²) in [5.41, 5.74) is 0. The zero-order valence-corrected chi connectivity index (χ0v) is 8.77. The minimum absolute atomic E-state index is 0.790. The first-order valence-corrected chi connectivity index (χ1v) is 5.51. The van der Waals surface area contributed by atoms with Crippen molar-refractivity contribution in [1.82, 2.24) is 0 Å². The minimum atomic E-state index is 0.790. The van der Waals surface area contributed by atoms with Crippen molar-refractivity contribution in [3.05, 3.63) is 0 Å². The standard InChI is InChI=1S/C12H21O/c1-2-3-4-5-6-7-8-9-10-11-12-13/h2-10H2,1H3. The maximum Gasteiger partial charge on any atom is 0.172 e. The minimum Gasteiger partial charge on any atom is -0.224 e. The summed E-state index contributed by atoms with van der Waals surface area (Å²) in [5, 5.41) is 9.78. The van der Waals surface area contributed by atoms with Gasteiger partial charge in [-0.15, -0.1) is 0 Å². The molecule has 0 rings (SSSR count). The molecule has 1 nitrogen and oxygen atoms in total. The SMILES string of the molecule is CCCCCCCCCCC#C[O]. The maximum atomic E-state index is 9.78. The van der Waals surface area contributed by atoms with E-state index in [-0.39, 0.29) is 0 Å². The van der Waals surface area contributed by atoms with Gasteiger partial charge in [0.05, 0.1) is 0 Å². The van der Waals surface area contributed by atoms with Gasteiger partial charge in [0.15, 0.2) is 6.11 Å². The van der Waals surface area contributed by atoms with E-state index in [1.54, 1.807) is 6.11 Å². The highest BCUT2D eigenvalue weighted by Crippen LogP contribution is 2.08. The number of rotatable bonds is 8. The molecule has 0 aromatic heterocycles. The van der Waals surface area contributed by atoms with E-state index in [9.17, 15) is 5.11 Å². The summed E-state index contributed by atoms with van der Waals surface area (Å²) in [5.74, 6) is 2.55. The first-order valence-electron chi connectivity index (χ1n) is 5.51. The van der Waals surface area contributed by atoms with Crippen LogP contribution in [-0.4, -0.2) is 0 Å². The van der Waals surface area contributed by atoms with Crippen LogP contribution in [0.3, 0.4) is 0 Å². The van der Waals surface area contributed by atoms with E-state index in [1.807, 2.05) is 0 Å². The Morgan fingerprint density at radius 2 is 1.38 bits per heavy atom. The molecule has 0 aliphatic rings. The Morgan fingerprint density at radius 3 is 1.92 bits per heavy atom. The fourth-order valence-corrected chi connectivity index (χ4v) is 1.40. The molecule has 0 fully saturated rings. The summed E-state index contributed by atoms with van der Waals surface area (Å²) in [7, 11) is 0. The molecule has 1 heteroatoms. The molecule has 0 aromatic carbocycles. The average molecular weight is 181 g/mol. The van der Waals surface area contributed by atoms with Gasteiger partial charge in [0, 0.05) is 6.42 Å². The van der Waals surface area contributed by atoms with Crippen LogP contribution in [0.1, 0.15) is 64.7 Å². The second-order valence-corrected chi connectivity index (χ2v) is 3.50. The molecule has 0 amide bonds. The van der Waals surface area contributed by atoms with Crippen LogP contribution in [0.15, 0.2) is 0 Å². The molecule has 0 atom stereocenters. The third-order valence-corrected chi connectivity index (χ3v) is 2.23. The lowest BCUT2D eigenvalue weighted by molar-refractivity contribution is 0.391. The van der Waals surface area contributed by atoms with Gasteiger partial charge in [-0.3, -0.25) is 0 Å². The normalized spacial score (nSPS) is 9.31. The first-order chi connectivity index (χ1) is 6.41. The zero-order valence-electron chi connectivity index (χ0n) is 8.77. The van der Waals surface area contributed by atoms with E-state index < -0.39 is 0 Å². The van der Waals surface area contributed by atoms with Gasteiger partial charge in [-0.25, -0.2) is 5.11 Å². The molecule has 0 unspecified atom stereocenters. The van der Waals surface area contributed by atoms with Crippen molar-refractivity contribution in [2.24, 2.45) is 0 Å². The Hall–Kier alpha value is -0.640. The van der Waals surface area contributed by atoms with Gasteiger partial charge in [0.1, 0.15) is 0 Å². The van der Waals surface area contributed by atoms with Crippen LogP contribution in [0.5, 0.6) is 0 Å². The Labute approximate surface area is 82.5 Å². The molecule has 0 heterocycles. The highest BCUT2D eigenvalue weighted by Gasteiger charge is 1.89. The Kier molecular flexibility index (Phi) is 10.8. The van der Waals surface area contributed by atoms with Crippen molar-refractivity contribution in [3.8, 4) is 12.0 Å². The molecule has 0 aliphatic carbocycles.